The van der Waals surface area contributed by atoms with E-state index in [9.17, 15) is 4.79 Å². The van der Waals surface area contributed by atoms with Gasteiger partial charge in [-0.1, -0.05) is 6.92 Å². The molecule has 1 amide bonds. The van der Waals surface area contributed by atoms with Gasteiger partial charge in [0.05, 0.1) is 0 Å². The summed E-state index contributed by atoms with van der Waals surface area (Å²) in [6, 6.07) is 0.530. The van der Waals surface area contributed by atoms with E-state index in [0.717, 1.165) is 19.4 Å². The molecule has 0 aliphatic carbocycles. The monoisotopic (exact) mass is 170 g/mol. The van der Waals surface area contributed by atoms with Crippen LogP contribution in [0.3, 0.4) is 0 Å². The van der Waals surface area contributed by atoms with Crippen LogP contribution in [-0.2, 0) is 4.79 Å². The highest BCUT2D eigenvalue weighted by Gasteiger charge is 2.21. The van der Waals surface area contributed by atoms with E-state index in [4.69, 9.17) is 5.73 Å². The standard InChI is InChI=1S/C9H18N2O/c1-2-7(9(10)12)6-8-4-3-5-11-8/h7-8,11H,2-6H2,1H3,(H2,10,12). The molecule has 12 heavy (non-hydrogen) atoms. The van der Waals surface area contributed by atoms with Crippen LogP contribution in [0.15, 0.2) is 0 Å². The smallest absolute Gasteiger partial charge is 0.220 e. The molecule has 0 saturated carbocycles. The van der Waals surface area contributed by atoms with Crippen LogP contribution in [0.4, 0.5) is 0 Å². The molecule has 3 nitrogen and oxygen atoms in total. The summed E-state index contributed by atoms with van der Waals surface area (Å²) in [7, 11) is 0. The normalized spacial score (nSPS) is 25.6. The van der Waals surface area contributed by atoms with Crippen molar-refractivity contribution in [3.63, 3.8) is 0 Å². The third-order valence-electron chi connectivity index (χ3n) is 2.63. The molecule has 2 unspecified atom stereocenters. The zero-order valence-electron chi connectivity index (χ0n) is 7.68. The Morgan fingerprint density at radius 2 is 2.50 bits per heavy atom. The van der Waals surface area contributed by atoms with Crippen molar-refractivity contribution in [3.8, 4) is 0 Å². The molecule has 1 heterocycles. The molecule has 0 aromatic carbocycles. The minimum atomic E-state index is -0.147. The van der Waals surface area contributed by atoms with Crippen LogP contribution in [0.5, 0.6) is 0 Å². The van der Waals surface area contributed by atoms with Crippen molar-refractivity contribution in [2.75, 3.05) is 6.54 Å². The number of hydrogen-bond donors (Lipinski definition) is 2. The molecule has 0 bridgehead atoms. The fourth-order valence-corrected chi connectivity index (χ4v) is 1.79. The highest BCUT2D eigenvalue weighted by molar-refractivity contribution is 5.76. The maximum atomic E-state index is 10.9. The van der Waals surface area contributed by atoms with Gasteiger partial charge >= 0.3 is 0 Å². The van der Waals surface area contributed by atoms with E-state index in [2.05, 4.69) is 5.32 Å². The molecular weight excluding hydrogens is 152 g/mol. The molecule has 3 N–H and O–H groups in total. The molecule has 2 atom stereocenters. The molecule has 70 valence electrons. The van der Waals surface area contributed by atoms with E-state index in [1.807, 2.05) is 6.92 Å². The fourth-order valence-electron chi connectivity index (χ4n) is 1.79. The van der Waals surface area contributed by atoms with Crippen LogP contribution in [0, 0.1) is 5.92 Å². The highest BCUT2D eigenvalue weighted by atomic mass is 16.1. The minimum Gasteiger partial charge on any atom is -0.369 e. The summed E-state index contributed by atoms with van der Waals surface area (Å²) in [4.78, 5) is 10.9. The van der Waals surface area contributed by atoms with E-state index in [1.54, 1.807) is 0 Å². The quantitative estimate of drug-likeness (QED) is 0.650. The number of primary amides is 1. The highest BCUT2D eigenvalue weighted by Crippen LogP contribution is 2.16. The molecular formula is C9H18N2O. The van der Waals surface area contributed by atoms with Crippen molar-refractivity contribution in [1.29, 1.82) is 0 Å². The van der Waals surface area contributed by atoms with Crippen LogP contribution < -0.4 is 11.1 Å². The Morgan fingerprint density at radius 3 is 2.92 bits per heavy atom. The predicted molar refractivity (Wildman–Crippen MR) is 48.6 cm³/mol. The van der Waals surface area contributed by atoms with E-state index in [1.165, 1.54) is 12.8 Å². The third-order valence-corrected chi connectivity index (χ3v) is 2.63. The average molecular weight is 170 g/mol. The second-order valence-electron chi connectivity index (χ2n) is 3.54. The topological polar surface area (TPSA) is 55.1 Å². The van der Waals surface area contributed by atoms with Crippen LogP contribution in [0.1, 0.15) is 32.6 Å². The zero-order chi connectivity index (χ0) is 8.97. The Bertz CT molecular complexity index is 153. The van der Waals surface area contributed by atoms with Gasteiger partial charge in [-0.3, -0.25) is 4.79 Å². The summed E-state index contributed by atoms with van der Waals surface area (Å²) in [5.74, 6) is -0.0770. The Hall–Kier alpha value is -0.570. The van der Waals surface area contributed by atoms with Crippen molar-refractivity contribution in [2.45, 2.75) is 38.6 Å². The van der Waals surface area contributed by atoms with E-state index >= 15 is 0 Å². The Labute approximate surface area is 73.7 Å². The van der Waals surface area contributed by atoms with Crippen molar-refractivity contribution < 1.29 is 4.79 Å². The molecule has 1 aliphatic heterocycles. The first-order valence-corrected chi connectivity index (χ1v) is 4.76. The van der Waals surface area contributed by atoms with Gasteiger partial charge in [0.1, 0.15) is 0 Å². The van der Waals surface area contributed by atoms with Crippen molar-refractivity contribution >= 4 is 5.91 Å². The van der Waals surface area contributed by atoms with E-state index in [0.29, 0.717) is 6.04 Å². The summed E-state index contributed by atoms with van der Waals surface area (Å²) in [5.41, 5.74) is 5.26. The number of carbonyl (C=O) groups is 1. The molecule has 1 fully saturated rings. The van der Waals surface area contributed by atoms with Gasteiger partial charge in [0.15, 0.2) is 0 Å². The first-order valence-electron chi connectivity index (χ1n) is 4.76. The second kappa shape index (κ2) is 4.45. The lowest BCUT2D eigenvalue weighted by Crippen LogP contribution is -2.30. The number of hydrogen-bond acceptors (Lipinski definition) is 2. The largest absolute Gasteiger partial charge is 0.369 e. The van der Waals surface area contributed by atoms with Gasteiger partial charge in [-0.25, -0.2) is 0 Å². The van der Waals surface area contributed by atoms with Crippen LogP contribution >= 0.6 is 0 Å². The molecule has 1 aliphatic rings. The third kappa shape index (κ3) is 2.48. The molecule has 0 radical (unpaired) electrons. The van der Waals surface area contributed by atoms with Gasteiger partial charge in [-0.2, -0.15) is 0 Å². The molecule has 0 aromatic rings. The first kappa shape index (κ1) is 9.52. The first-order chi connectivity index (χ1) is 5.74. The van der Waals surface area contributed by atoms with Crippen molar-refractivity contribution in [2.24, 2.45) is 11.7 Å². The van der Waals surface area contributed by atoms with E-state index in [-0.39, 0.29) is 11.8 Å². The number of nitrogens with two attached hydrogens (primary N) is 1. The number of rotatable bonds is 4. The van der Waals surface area contributed by atoms with Crippen molar-refractivity contribution in [3.05, 3.63) is 0 Å². The number of carbonyl (C=O) groups excluding carboxylic acids is 1. The summed E-state index contributed by atoms with van der Waals surface area (Å²) < 4.78 is 0. The van der Waals surface area contributed by atoms with Gasteiger partial charge in [0.2, 0.25) is 5.91 Å². The lowest BCUT2D eigenvalue weighted by Gasteiger charge is -2.15. The molecule has 0 aromatic heterocycles. The van der Waals surface area contributed by atoms with Crippen LogP contribution in [-0.4, -0.2) is 18.5 Å². The van der Waals surface area contributed by atoms with Crippen LogP contribution in [0.2, 0.25) is 0 Å². The van der Waals surface area contributed by atoms with Crippen LogP contribution in [0.25, 0.3) is 0 Å². The van der Waals surface area contributed by atoms with E-state index < -0.39 is 0 Å². The lowest BCUT2D eigenvalue weighted by atomic mass is 9.96. The lowest BCUT2D eigenvalue weighted by molar-refractivity contribution is -0.122. The maximum Gasteiger partial charge on any atom is 0.220 e. The van der Waals surface area contributed by atoms with Gasteiger partial charge < -0.3 is 11.1 Å². The predicted octanol–water partition coefficient (Wildman–Crippen LogP) is 0.640. The van der Waals surface area contributed by atoms with Gasteiger partial charge in [0.25, 0.3) is 0 Å². The summed E-state index contributed by atoms with van der Waals surface area (Å²) >= 11 is 0. The fraction of sp³-hybridized carbons (Fsp3) is 0.889. The molecule has 3 heteroatoms. The van der Waals surface area contributed by atoms with Gasteiger partial charge in [-0.05, 0) is 32.2 Å². The minimum absolute atomic E-state index is 0.0700. The van der Waals surface area contributed by atoms with Crippen molar-refractivity contribution in [1.82, 2.24) is 5.32 Å². The van der Waals surface area contributed by atoms with Gasteiger partial charge in [-0.15, -0.1) is 0 Å². The SMILES string of the molecule is CCC(CC1CCCN1)C(N)=O. The maximum absolute atomic E-state index is 10.9. The summed E-state index contributed by atoms with van der Waals surface area (Å²) in [6.07, 6.45) is 4.23. The van der Waals surface area contributed by atoms with Gasteiger partial charge in [0, 0.05) is 12.0 Å². The number of nitrogens with one attached hydrogen (secondary N) is 1. The Kier molecular flexibility index (Phi) is 3.53. The Balaban J connectivity index is 2.30. The summed E-state index contributed by atoms with van der Waals surface area (Å²) in [5, 5.41) is 3.37. The Morgan fingerprint density at radius 1 is 1.75 bits per heavy atom. The zero-order valence-corrected chi connectivity index (χ0v) is 7.68. The molecule has 1 saturated heterocycles. The second-order valence-corrected chi connectivity index (χ2v) is 3.54. The molecule has 0 spiro atoms. The molecule has 1 rings (SSSR count). The number of amides is 1. The summed E-state index contributed by atoms with van der Waals surface area (Å²) in [6.45, 7) is 3.12. The average Bonchev–Trinajstić information content (AvgIpc) is 2.51.